The van der Waals surface area contributed by atoms with Gasteiger partial charge in [0.1, 0.15) is 6.10 Å². The summed E-state index contributed by atoms with van der Waals surface area (Å²) in [5, 5.41) is 2.90. The van der Waals surface area contributed by atoms with E-state index >= 15 is 0 Å². The topological polar surface area (TPSA) is 125 Å². The Balaban J connectivity index is 1.08. The van der Waals surface area contributed by atoms with E-state index in [0.29, 0.717) is 51.4 Å². The minimum Gasteiger partial charge on any atom is -0.756 e. The lowest BCUT2D eigenvalue weighted by atomic mass is 9.47. The van der Waals surface area contributed by atoms with Gasteiger partial charge in [0.25, 0.3) is 7.82 Å². The molecule has 11 heteroatoms. The van der Waals surface area contributed by atoms with Gasteiger partial charge in [-0.2, -0.15) is 0 Å². The predicted molar refractivity (Wildman–Crippen MR) is 189 cm³/mol. The van der Waals surface area contributed by atoms with Gasteiger partial charge in [0.2, 0.25) is 0 Å². The summed E-state index contributed by atoms with van der Waals surface area (Å²) in [6.45, 7) is 15.1. The number of amides is 1. The molecule has 4 aliphatic rings. The average Bonchev–Trinajstić information content (AvgIpc) is 3.42. The standard InChI is InChI=1S/C38H68NO9P/c1-28(2)9-7-10-29(3)33-13-14-34-32-12-11-30-27-31(15-17-37(30,4)35(32)16-18-38(33,34)5)48-36(40)39-19-8-20-44-21-22-45-23-24-46-25-26-47-49(41,42)43-6/h11,28-29,31-35H,7-10,12-27H2,1-6H3,(H,39,40)(H,41,42)/p-1. The van der Waals surface area contributed by atoms with Gasteiger partial charge in [0.05, 0.1) is 39.6 Å². The summed E-state index contributed by atoms with van der Waals surface area (Å²) in [4.78, 5) is 23.7. The van der Waals surface area contributed by atoms with E-state index in [1.807, 2.05) is 0 Å². The lowest BCUT2D eigenvalue weighted by Crippen LogP contribution is -2.51. The number of rotatable bonds is 21. The van der Waals surface area contributed by atoms with Gasteiger partial charge in [0, 0.05) is 26.7 Å². The molecule has 0 spiro atoms. The van der Waals surface area contributed by atoms with Crippen molar-refractivity contribution in [2.45, 2.75) is 118 Å². The third kappa shape index (κ3) is 11.2. The van der Waals surface area contributed by atoms with Gasteiger partial charge in [-0.25, -0.2) is 4.79 Å². The number of phosphoric acid groups is 1. The van der Waals surface area contributed by atoms with Crippen LogP contribution in [-0.4, -0.2) is 72.1 Å². The minimum absolute atomic E-state index is 0.0454. The summed E-state index contributed by atoms with van der Waals surface area (Å²) in [5.41, 5.74) is 2.30. The van der Waals surface area contributed by atoms with Gasteiger partial charge in [-0.1, -0.05) is 65.5 Å². The molecule has 9 unspecified atom stereocenters. The Bertz CT molecular complexity index is 1100. The van der Waals surface area contributed by atoms with Crippen LogP contribution in [-0.2, 0) is 32.6 Å². The SMILES string of the molecule is COP(=O)([O-])OCCOCCOCCOCCCNC(=O)OC1CCC2(C)C(=CCC3C2CCC2(C)C(C(C)CCCC(C)C)CCC32)C1. The second-order valence-corrected chi connectivity index (χ2v) is 17.7. The monoisotopic (exact) mass is 712 g/mol. The fourth-order valence-electron chi connectivity index (χ4n) is 10.1. The molecule has 0 aromatic heterocycles. The highest BCUT2D eigenvalue weighted by atomic mass is 31.2. The number of ether oxygens (including phenoxy) is 4. The van der Waals surface area contributed by atoms with E-state index in [1.54, 1.807) is 5.57 Å². The van der Waals surface area contributed by atoms with Crippen LogP contribution in [0.4, 0.5) is 4.79 Å². The molecular weight excluding hydrogens is 645 g/mol. The summed E-state index contributed by atoms with van der Waals surface area (Å²) in [7, 11) is -3.16. The van der Waals surface area contributed by atoms with E-state index in [0.717, 1.165) is 61.9 Å². The van der Waals surface area contributed by atoms with Crippen LogP contribution in [0.2, 0.25) is 0 Å². The Morgan fingerprint density at radius 2 is 1.61 bits per heavy atom. The molecule has 284 valence electrons. The number of allylic oxidation sites excluding steroid dienone is 1. The van der Waals surface area contributed by atoms with Crippen molar-refractivity contribution in [3.63, 3.8) is 0 Å². The number of carbonyl (C=O) groups excluding carboxylic acids is 1. The molecule has 0 bridgehead atoms. The van der Waals surface area contributed by atoms with Crippen LogP contribution in [0.3, 0.4) is 0 Å². The van der Waals surface area contributed by atoms with Crippen LogP contribution in [0.25, 0.3) is 0 Å². The molecular formula is C38H67NO9P-. The second kappa shape index (κ2) is 19.2. The Morgan fingerprint density at radius 1 is 0.918 bits per heavy atom. The fraction of sp³-hybridized carbons (Fsp3) is 0.921. The second-order valence-electron chi connectivity index (χ2n) is 16.1. The molecule has 0 radical (unpaired) electrons. The Morgan fingerprint density at radius 3 is 2.31 bits per heavy atom. The van der Waals surface area contributed by atoms with Gasteiger partial charge in [-0.3, -0.25) is 4.57 Å². The molecule has 0 aliphatic heterocycles. The zero-order valence-corrected chi connectivity index (χ0v) is 32.3. The molecule has 0 saturated heterocycles. The molecule has 1 N–H and O–H groups in total. The van der Waals surface area contributed by atoms with Gasteiger partial charge < -0.3 is 38.2 Å². The van der Waals surface area contributed by atoms with Crippen molar-refractivity contribution in [1.82, 2.24) is 5.32 Å². The molecule has 4 rings (SSSR count). The predicted octanol–water partition coefficient (Wildman–Crippen LogP) is 7.69. The Kier molecular flexibility index (Phi) is 16.0. The third-order valence-electron chi connectivity index (χ3n) is 12.7. The van der Waals surface area contributed by atoms with Crippen LogP contribution in [0, 0.1) is 46.3 Å². The Labute approximate surface area is 296 Å². The lowest BCUT2D eigenvalue weighted by molar-refractivity contribution is -0.223. The third-order valence-corrected chi connectivity index (χ3v) is 13.7. The maximum absolute atomic E-state index is 12.6. The Hall–Kier alpha value is -1.00. The molecule has 0 aromatic rings. The van der Waals surface area contributed by atoms with Gasteiger partial charge in [-0.05, 0) is 97.7 Å². The summed E-state index contributed by atoms with van der Waals surface area (Å²) in [6.07, 6.45) is 16.8. The highest BCUT2D eigenvalue weighted by Gasteiger charge is 2.59. The molecule has 3 fully saturated rings. The average molecular weight is 713 g/mol. The number of hydrogen-bond donors (Lipinski definition) is 1. The molecule has 0 aromatic carbocycles. The normalized spacial score (nSPS) is 32.8. The smallest absolute Gasteiger partial charge is 0.407 e. The first-order valence-corrected chi connectivity index (χ1v) is 20.7. The number of phosphoric ester groups is 1. The van der Waals surface area contributed by atoms with E-state index in [1.165, 1.54) is 51.4 Å². The summed E-state index contributed by atoms with van der Waals surface area (Å²) >= 11 is 0. The molecule has 1 amide bonds. The van der Waals surface area contributed by atoms with E-state index in [4.69, 9.17) is 18.9 Å². The molecule has 9 atom stereocenters. The number of fused-ring (bicyclic) bond motifs is 5. The van der Waals surface area contributed by atoms with Crippen molar-refractivity contribution in [2.24, 2.45) is 46.3 Å². The highest BCUT2D eigenvalue weighted by molar-refractivity contribution is 7.45. The number of alkyl carbamates (subject to hydrolysis) is 1. The van der Waals surface area contributed by atoms with Crippen molar-refractivity contribution >= 4 is 13.9 Å². The van der Waals surface area contributed by atoms with Crippen molar-refractivity contribution in [2.75, 3.05) is 59.9 Å². The highest BCUT2D eigenvalue weighted by Crippen LogP contribution is 2.67. The van der Waals surface area contributed by atoms with Crippen molar-refractivity contribution in [3.05, 3.63) is 11.6 Å². The molecule has 10 nitrogen and oxygen atoms in total. The fourth-order valence-corrected chi connectivity index (χ4v) is 10.5. The zero-order valence-electron chi connectivity index (χ0n) is 31.4. The van der Waals surface area contributed by atoms with Crippen LogP contribution < -0.4 is 10.2 Å². The van der Waals surface area contributed by atoms with Crippen LogP contribution in [0.5, 0.6) is 0 Å². The van der Waals surface area contributed by atoms with Gasteiger partial charge >= 0.3 is 6.09 Å². The molecule has 49 heavy (non-hydrogen) atoms. The van der Waals surface area contributed by atoms with E-state index in [-0.39, 0.29) is 30.8 Å². The summed E-state index contributed by atoms with van der Waals surface area (Å²) in [6, 6.07) is 0. The maximum Gasteiger partial charge on any atom is 0.407 e. The first-order chi connectivity index (χ1) is 23.4. The largest absolute Gasteiger partial charge is 0.756 e. The van der Waals surface area contributed by atoms with Gasteiger partial charge in [-0.15, -0.1) is 0 Å². The van der Waals surface area contributed by atoms with E-state index in [2.05, 4.69) is 55.1 Å². The quantitative estimate of drug-likeness (QED) is 0.0725. The van der Waals surface area contributed by atoms with E-state index in [9.17, 15) is 14.3 Å². The van der Waals surface area contributed by atoms with Crippen LogP contribution in [0.15, 0.2) is 11.6 Å². The molecule has 0 heterocycles. The number of hydrogen-bond acceptors (Lipinski definition) is 9. The zero-order chi connectivity index (χ0) is 35.5. The van der Waals surface area contributed by atoms with Crippen molar-refractivity contribution in [1.29, 1.82) is 0 Å². The van der Waals surface area contributed by atoms with Crippen molar-refractivity contribution in [3.8, 4) is 0 Å². The number of carbonyl (C=O) groups is 1. The first kappa shape index (κ1) is 40.8. The lowest BCUT2D eigenvalue weighted by Gasteiger charge is -2.58. The summed E-state index contributed by atoms with van der Waals surface area (Å²) in [5.74, 6) is 4.97. The first-order valence-electron chi connectivity index (χ1n) is 19.3. The van der Waals surface area contributed by atoms with E-state index < -0.39 is 7.82 Å². The van der Waals surface area contributed by atoms with Crippen molar-refractivity contribution < 1.29 is 42.2 Å². The van der Waals surface area contributed by atoms with Crippen LogP contribution in [0.1, 0.15) is 112 Å². The molecule has 3 saturated carbocycles. The molecule has 4 aliphatic carbocycles. The van der Waals surface area contributed by atoms with Gasteiger partial charge in [0.15, 0.2) is 0 Å². The number of nitrogens with one attached hydrogen (secondary N) is 1. The van der Waals surface area contributed by atoms with Crippen LogP contribution >= 0.6 is 7.82 Å². The minimum atomic E-state index is -4.20. The summed E-state index contributed by atoms with van der Waals surface area (Å²) < 4.78 is 42.0. The maximum atomic E-state index is 12.6.